The van der Waals surface area contributed by atoms with Crippen molar-refractivity contribution in [3.63, 3.8) is 0 Å². The SMILES string of the molecule is CN(C1CCCCC1)C1CCCCC1.Oc1ccccc1. The van der Waals surface area contributed by atoms with Crippen LogP contribution in [0.5, 0.6) is 5.75 Å². The lowest BCUT2D eigenvalue weighted by Gasteiger charge is -2.39. The van der Waals surface area contributed by atoms with Gasteiger partial charge in [0.15, 0.2) is 0 Å². The van der Waals surface area contributed by atoms with Gasteiger partial charge in [0, 0.05) is 12.1 Å². The van der Waals surface area contributed by atoms with Crippen LogP contribution in [0.25, 0.3) is 0 Å². The molecule has 0 atom stereocenters. The fraction of sp³-hybridized carbons (Fsp3) is 0.684. The third-order valence-electron chi connectivity index (χ3n) is 5.06. The van der Waals surface area contributed by atoms with E-state index in [9.17, 15) is 0 Å². The second-order valence-electron chi connectivity index (χ2n) is 6.58. The highest BCUT2D eigenvalue weighted by atomic mass is 16.3. The predicted octanol–water partition coefficient (Wildman–Crippen LogP) is 4.98. The van der Waals surface area contributed by atoms with E-state index in [0.717, 1.165) is 12.1 Å². The van der Waals surface area contributed by atoms with Crippen molar-refractivity contribution in [1.29, 1.82) is 0 Å². The third-order valence-corrected chi connectivity index (χ3v) is 5.06. The number of nitrogens with zero attached hydrogens (tertiary/aromatic N) is 1. The number of para-hydroxylation sites is 1. The van der Waals surface area contributed by atoms with Crippen LogP contribution in [-0.4, -0.2) is 29.1 Å². The van der Waals surface area contributed by atoms with E-state index in [0.29, 0.717) is 5.75 Å². The first-order valence-electron chi connectivity index (χ1n) is 8.73. The molecule has 2 fully saturated rings. The number of rotatable bonds is 2. The monoisotopic (exact) mass is 289 g/mol. The first kappa shape index (κ1) is 16.4. The Balaban J connectivity index is 0.000000194. The van der Waals surface area contributed by atoms with Gasteiger partial charge in [-0.3, -0.25) is 0 Å². The largest absolute Gasteiger partial charge is 0.508 e. The van der Waals surface area contributed by atoms with Crippen molar-refractivity contribution in [3.8, 4) is 5.75 Å². The highest BCUT2D eigenvalue weighted by Crippen LogP contribution is 2.28. The number of phenols is 1. The van der Waals surface area contributed by atoms with Gasteiger partial charge in [-0.1, -0.05) is 56.7 Å². The van der Waals surface area contributed by atoms with Gasteiger partial charge in [-0.15, -0.1) is 0 Å². The van der Waals surface area contributed by atoms with Crippen LogP contribution in [0.4, 0.5) is 0 Å². The Kier molecular flexibility index (Phi) is 7.08. The summed E-state index contributed by atoms with van der Waals surface area (Å²) in [5.41, 5.74) is 0. The molecule has 3 rings (SSSR count). The highest BCUT2D eigenvalue weighted by Gasteiger charge is 2.25. The molecular weight excluding hydrogens is 258 g/mol. The number of aromatic hydroxyl groups is 1. The van der Waals surface area contributed by atoms with Crippen LogP contribution in [0.3, 0.4) is 0 Å². The summed E-state index contributed by atoms with van der Waals surface area (Å²) in [6, 6.07) is 10.6. The van der Waals surface area contributed by atoms with Gasteiger partial charge >= 0.3 is 0 Å². The molecule has 2 nitrogen and oxygen atoms in total. The standard InChI is InChI=1S/C13H25N.C6H6O/c1-14(12-8-4-2-5-9-12)13-10-6-3-7-11-13;7-6-4-2-1-3-5-6/h12-13H,2-11H2,1H3;1-5,7H. The van der Waals surface area contributed by atoms with Gasteiger partial charge in [0.05, 0.1) is 0 Å². The second-order valence-corrected chi connectivity index (χ2v) is 6.58. The van der Waals surface area contributed by atoms with E-state index < -0.39 is 0 Å². The molecule has 2 saturated carbocycles. The number of hydrogen-bond donors (Lipinski definition) is 1. The average Bonchev–Trinajstić information content (AvgIpc) is 2.57. The molecular formula is C19H31NO. The van der Waals surface area contributed by atoms with Crippen molar-refractivity contribution in [3.05, 3.63) is 30.3 Å². The maximum absolute atomic E-state index is 8.63. The molecule has 0 bridgehead atoms. The van der Waals surface area contributed by atoms with Gasteiger partial charge in [-0.2, -0.15) is 0 Å². The van der Waals surface area contributed by atoms with E-state index in [1.807, 2.05) is 6.07 Å². The van der Waals surface area contributed by atoms with Crippen LogP contribution < -0.4 is 0 Å². The van der Waals surface area contributed by atoms with Crippen LogP contribution in [0.1, 0.15) is 64.2 Å². The maximum atomic E-state index is 8.63. The summed E-state index contributed by atoms with van der Waals surface area (Å²) >= 11 is 0. The summed E-state index contributed by atoms with van der Waals surface area (Å²) in [7, 11) is 2.38. The summed E-state index contributed by atoms with van der Waals surface area (Å²) < 4.78 is 0. The normalized spacial score (nSPS) is 20.9. The van der Waals surface area contributed by atoms with Gasteiger partial charge in [0.1, 0.15) is 5.75 Å². The Morgan fingerprint density at radius 1 is 0.762 bits per heavy atom. The van der Waals surface area contributed by atoms with E-state index in [2.05, 4.69) is 11.9 Å². The van der Waals surface area contributed by atoms with E-state index >= 15 is 0 Å². The van der Waals surface area contributed by atoms with Crippen LogP contribution in [-0.2, 0) is 0 Å². The number of phenolic OH excluding ortho intramolecular Hbond substituents is 1. The van der Waals surface area contributed by atoms with Crippen LogP contribution in [0.2, 0.25) is 0 Å². The van der Waals surface area contributed by atoms with Crippen molar-refractivity contribution in [2.24, 2.45) is 0 Å². The average molecular weight is 289 g/mol. The van der Waals surface area contributed by atoms with Gasteiger partial charge in [0.25, 0.3) is 0 Å². The molecule has 1 aromatic rings. The minimum absolute atomic E-state index is 0.322. The minimum atomic E-state index is 0.322. The summed E-state index contributed by atoms with van der Waals surface area (Å²) in [4.78, 5) is 2.72. The first-order valence-corrected chi connectivity index (χ1v) is 8.73. The molecule has 1 N–H and O–H groups in total. The van der Waals surface area contributed by atoms with Crippen LogP contribution in [0, 0.1) is 0 Å². The molecule has 2 heteroatoms. The Labute approximate surface area is 130 Å². The van der Waals surface area contributed by atoms with Crippen molar-refractivity contribution >= 4 is 0 Å². The van der Waals surface area contributed by atoms with Gasteiger partial charge in [-0.05, 0) is 44.9 Å². The summed E-state index contributed by atoms with van der Waals surface area (Å²) in [5.74, 6) is 0.322. The van der Waals surface area contributed by atoms with Crippen molar-refractivity contribution in [2.45, 2.75) is 76.3 Å². The van der Waals surface area contributed by atoms with Gasteiger partial charge in [-0.25, -0.2) is 0 Å². The molecule has 21 heavy (non-hydrogen) atoms. The zero-order chi connectivity index (χ0) is 14.9. The Hall–Kier alpha value is -1.02. The number of hydrogen-bond acceptors (Lipinski definition) is 2. The molecule has 1 aromatic carbocycles. The van der Waals surface area contributed by atoms with E-state index in [4.69, 9.17) is 5.11 Å². The van der Waals surface area contributed by atoms with Crippen molar-refractivity contribution in [2.75, 3.05) is 7.05 Å². The van der Waals surface area contributed by atoms with Crippen molar-refractivity contribution < 1.29 is 5.11 Å². The fourth-order valence-electron chi connectivity index (χ4n) is 3.70. The van der Waals surface area contributed by atoms with Crippen LogP contribution >= 0.6 is 0 Å². The molecule has 0 aliphatic heterocycles. The third kappa shape index (κ3) is 5.70. The molecule has 2 aliphatic carbocycles. The molecule has 0 saturated heterocycles. The molecule has 0 amide bonds. The second kappa shape index (κ2) is 9.09. The lowest BCUT2D eigenvalue weighted by molar-refractivity contribution is 0.111. The lowest BCUT2D eigenvalue weighted by atomic mass is 9.89. The number of benzene rings is 1. The maximum Gasteiger partial charge on any atom is 0.115 e. The molecule has 0 heterocycles. The van der Waals surface area contributed by atoms with Crippen molar-refractivity contribution in [1.82, 2.24) is 4.90 Å². The molecule has 118 valence electrons. The molecule has 0 unspecified atom stereocenters. The lowest BCUT2D eigenvalue weighted by Crippen LogP contribution is -2.42. The summed E-state index contributed by atoms with van der Waals surface area (Å²) in [6.07, 6.45) is 14.7. The van der Waals surface area contributed by atoms with E-state index in [1.54, 1.807) is 24.3 Å². The quantitative estimate of drug-likeness (QED) is 0.830. The first-order chi connectivity index (χ1) is 10.3. The molecule has 0 aromatic heterocycles. The Morgan fingerprint density at radius 2 is 1.19 bits per heavy atom. The van der Waals surface area contributed by atoms with E-state index in [-0.39, 0.29) is 0 Å². The Bertz CT molecular complexity index is 348. The van der Waals surface area contributed by atoms with Gasteiger partial charge < -0.3 is 10.0 Å². The summed E-state index contributed by atoms with van der Waals surface area (Å²) in [5, 5.41) is 8.63. The zero-order valence-electron chi connectivity index (χ0n) is 13.5. The molecule has 0 spiro atoms. The summed E-state index contributed by atoms with van der Waals surface area (Å²) in [6.45, 7) is 0. The topological polar surface area (TPSA) is 23.5 Å². The van der Waals surface area contributed by atoms with E-state index in [1.165, 1.54) is 64.2 Å². The Morgan fingerprint density at radius 3 is 1.52 bits per heavy atom. The minimum Gasteiger partial charge on any atom is -0.508 e. The van der Waals surface area contributed by atoms with Gasteiger partial charge in [0.2, 0.25) is 0 Å². The predicted molar refractivity (Wildman–Crippen MR) is 89.6 cm³/mol. The zero-order valence-corrected chi connectivity index (χ0v) is 13.5. The fourth-order valence-corrected chi connectivity index (χ4v) is 3.70. The highest BCUT2D eigenvalue weighted by molar-refractivity contribution is 5.18. The molecule has 0 radical (unpaired) electrons. The van der Waals surface area contributed by atoms with Crippen LogP contribution in [0.15, 0.2) is 30.3 Å². The molecule has 2 aliphatic rings. The smallest absolute Gasteiger partial charge is 0.115 e.